The maximum Gasteiger partial charge on any atom is 0.141 e. The van der Waals surface area contributed by atoms with Crippen LogP contribution in [0.4, 0.5) is 0 Å². The minimum absolute atomic E-state index is 0.423. The molecule has 2 N–H and O–H groups in total. The summed E-state index contributed by atoms with van der Waals surface area (Å²) in [4.78, 5) is 4.23. The van der Waals surface area contributed by atoms with Crippen LogP contribution in [-0.2, 0) is 13.0 Å². The van der Waals surface area contributed by atoms with Crippen molar-refractivity contribution in [1.29, 1.82) is 0 Å². The molecule has 104 valence electrons. The van der Waals surface area contributed by atoms with E-state index in [-0.39, 0.29) is 0 Å². The number of rotatable bonds is 4. The number of furan rings is 1. The molecule has 0 saturated carbocycles. The topological polar surface area (TPSA) is 52.0 Å². The second-order valence-corrected chi connectivity index (χ2v) is 4.57. The first-order valence-electron chi connectivity index (χ1n) is 6.79. The van der Waals surface area contributed by atoms with Crippen LogP contribution in [0.25, 0.3) is 12.2 Å². The van der Waals surface area contributed by atoms with Crippen LogP contribution < -0.4 is 16.4 Å². The first-order valence-corrected chi connectivity index (χ1v) is 6.79. The largest absolute Gasteiger partial charge is 0.460 e. The first-order chi connectivity index (χ1) is 9.69. The predicted octanol–water partition coefficient (Wildman–Crippen LogP) is 1.88. The maximum absolute atomic E-state index is 5.90. The summed E-state index contributed by atoms with van der Waals surface area (Å²) in [5.74, 6) is 0.945. The van der Waals surface area contributed by atoms with Crippen LogP contribution >= 0.6 is 0 Å². The third kappa shape index (κ3) is 2.89. The van der Waals surface area contributed by atoms with Gasteiger partial charge in [0.15, 0.2) is 0 Å². The minimum atomic E-state index is 0.423. The Hall–Kier alpha value is -2.13. The van der Waals surface area contributed by atoms with Gasteiger partial charge in [-0.25, -0.2) is 0 Å². The van der Waals surface area contributed by atoms with Crippen molar-refractivity contribution in [2.24, 2.45) is 5.73 Å². The number of hydrogen-bond donors (Lipinski definition) is 1. The molecule has 2 rings (SSSR count). The van der Waals surface area contributed by atoms with E-state index in [1.807, 2.05) is 37.3 Å². The summed E-state index contributed by atoms with van der Waals surface area (Å²) in [6, 6.07) is 5.94. The lowest BCUT2D eigenvalue weighted by Gasteiger charge is -2.03. The average molecular weight is 268 g/mol. The van der Waals surface area contributed by atoms with Crippen LogP contribution in [0.15, 0.2) is 41.0 Å². The lowest BCUT2D eigenvalue weighted by Crippen LogP contribution is -2.20. The summed E-state index contributed by atoms with van der Waals surface area (Å²) in [7, 11) is 0. The van der Waals surface area contributed by atoms with Crippen molar-refractivity contribution < 1.29 is 4.42 Å². The minimum Gasteiger partial charge on any atom is -0.460 e. The summed E-state index contributed by atoms with van der Waals surface area (Å²) >= 11 is 0. The molecule has 20 heavy (non-hydrogen) atoms. The zero-order valence-electron chi connectivity index (χ0n) is 12.0. The quantitative estimate of drug-likeness (QED) is 0.921. The molecule has 0 spiro atoms. The number of aromatic nitrogens is 1. The zero-order chi connectivity index (χ0) is 14.5. The first kappa shape index (κ1) is 14.3. The summed E-state index contributed by atoms with van der Waals surface area (Å²) in [5.41, 5.74) is 9.38. The number of nitrogens with zero attached hydrogens (tertiary/aromatic N) is 1. The summed E-state index contributed by atoms with van der Waals surface area (Å²) in [6.07, 6.45) is 6.65. The molecule has 0 aromatic carbocycles. The van der Waals surface area contributed by atoms with Crippen LogP contribution in [0.2, 0.25) is 0 Å². The van der Waals surface area contributed by atoms with E-state index in [9.17, 15) is 0 Å². The van der Waals surface area contributed by atoms with Gasteiger partial charge in [-0.05, 0) is 30.7 Å². The highest BCUT2D eigenvalue weighted by atomic mass is 16.3. The van der Waals surface area contributed by atoms with Crippen molar-refractivity contribution in [2.45, 2.75) is 26.8 Å². The van der Waals surface area contributed by atoms with E-state index < -0.39 is 0 Å². The fourth-order valence-electron chi connectivity index (χ4n) is 2.12. The zero-order valence-corrected chi connectivity index (χ0v) is 12.0. The Morgan fingerprint density at radius 1 is 1.45 bits per heavy atom. The fourth-order valence-corrected chi connectivity index (χ4v) is 2.12. The molecule has 2 heterocycles. The van der Waals surface area contributed by atoms with E-state index in [1.54, 1.807) is 6.20 Å². The van der Waals surface area contributed by atoms with E-state index in [2.05, 4.69) is 18.5 Å². The van der Waals surface area contributed by atoms with E-state index in [0.717, 1.165) is 39.6 Å². The molecular weight excluding hydrogens is 248 g/mol. The van der Waals surface area contributed by atoms with Crippen molar-refractivity contribution in [1.82, 2.24) is 4.98 Å². The third-order valence-electron chi connectivity index (χ3n) is 3.12. The van der Waals surface area contributed by atoms with Gasteiger partial charge < -0.3 is 10.2 Å². The maximum atomic E-state index is 5.90. The van der Waals surface area contributed by atoms with Gasteiger partial charge in [0, 0.05) is 30.0 Å². The third-order valence-corrected chi connectivity index (χ3v) is 3.12. The van der Waals surface area contributed by atoms with Gasteiger partial charge >= 0.3 is 0 Å². The predicted molar refractivity (Wildman–Crippen MR) is 82.3 cm³/mol. The number of hydrogen-bond acceptors (Lipinski definition) is 3. The number of aryl methyl sites for hydroxylation is 1. The molecule has 3 heteroatoms. The van der Waals surface area contributed by atoms with Crippen molar-refractivity contribution in [3.05, 3.63) is 64.2 Å². The van der Waals surface area contributed by atoms with Gasteiger partial charge in [0.2, 0.25) is 0 Å². The Morgan fingerprint density at radius 3 is 2.85 bits per heavy atom. The van der Waals surface area contributed by atoms with Crippen molar-refractivity contribution in [2.75, 3.05) is 0 Å². The molecule has 0 aliphatic heterocycles. The second-order valence-electron chi connectivity index (χ2n) is 4.57. The molecule has 0 fully saturated rings. The van der Waals surface area contributed by atoms with E-state index >= 15 is 0 Å². The average Bonchev–Trinajstić information content (AvgIpc) is 2.86. The second kappa shape index (κ2) is 6.35. The lowest BCUT2D eigenvalue weighted by molar-refractivity contribution is 0.484. The summed E-state index contributed by atoms with van der Waals surface area (Å²) in [6.45, 7) is 8.54. The van der Waals surface area contributed by atoms with Crippen LogP contribution in [0, 0.1) is 0 Å². The smallest absolute Gasteiger partial charge is 0.141 e. The van der Waals surface area contributed by atoms with Crippen molar-refractivity contribution in [3.63, 3.8) is 0 Å². The molecule has 2 aromatic rings. The van der Waals surface area contributed by atoms with Crippen molar-refractivity contribution >= 4 is 12.2 Å². The molecule has 0 saturated heterocycles. The van der Waals surface area contributed by atoms with Gasteiger partial charge in [-0.1, -0.05) is 25.7 Å². The Kier molecular flexibility index (Phi) is 4.53. The van der Waals surface area contributed by atoms with Crippen LogP contribution in [0.1, 0.15) is 30.9 Å². The molecule has 0 amide bonds. The van der Waals surface area contributed by atoms with Gasteiger partial charge in [-0.15, -0.1) is 0 Å². The van der Waals surface area contributed by atoms with Gasteiger partial charge in [0.25, 0.3) is 0 Å². The SMILES string of the molecule is C=c1cc(CC)o/c1=C(/C=C\C)c1ccnc(CN)c1. The van der Waals surface area contributed by atoms with Gasteiger partial charge in [-0.2, -0.15) is 0 Å². The molecule has 0 radical (unpaired) electrons. The monoisotopic (exact) mass is 268 g/mol. The Morgan fingerprint density at radius 2 is 2.25 bits per heavy atom. The summed E-state index contributed by atoms with van der Waals surface area (Å²) < 4.78 is 5.90. The highest BCUT2D eigenvalue weighted by Gasteiger charge is 2.06. The number of nitrogens with two attached hydrogens (primary N) is 1. The van der Waals surface area contributed by atoms with Crippen LogP contribution in [-0.4, -0.2) is 4.98 Å². The standard InChI is InChI=1S/C17H20N2O/c1-4-6-16(13-7-8-19-14(10-13)11-18)17-12(3)9-15(5-2)20-17/h4,6-10H,3,5,11,18H2,1-2H3/b6-4-,17-16-. The number of allylic oxidation sites excluding steroid dienone is 2. The molecule has 0 aliphatic carbocycles. The normalized spacial score (nSPS) is 12.9. The van der Waals surface area contributed by atoms with Crippen molar-refractivity contribution in [3.8, 4) is 0 Å². The lowest BCUT2D eigenvalue weighted by atomic mass is 10.1. The molecule has 3 nitrogen and oxygen atoms in total. The molecule has 0 unspecified atom stereocenters. The highest BCUT2D eigenvalue weighted by Crippen LogP contribution is 2.13. The molecule has 0 atom stereocenters. The van der Waals surface area contributed by atoms with E-state index in [0.29, 0.717) is 6.54 Å². The highest BCUT2D eigenvalue weighted by molar-refractivity contribution is 5.72. The van der Waals surface area contributed by atoms with Crippen LogP contribution in [0.5, 0.6) is 0 Å². The van der Waals surface area contributed by atoms with Gasteiger partial charge in [0.1, 0.15) is 11.2 Å². The van der Waals surface area contributed by atoms with Crippen LogP contribution in [0.3, 0.4) is 0 Å². The summed E-state index contributed by atoms with van der Waals surface area (Å²) in [5, 5.41) is 0.904. The van der Waals surface area contributed by atoms with E-state index in [1.165, 1.54) is 0 Å². The Bertz CT molecular complexity index is 726. The van der Waals surface area contributed by atoms with E-state index in [4.69, 9.17) is 10.2 Å². The molecular formula is C17H20N2O. The van der Waals surface area contributed by atoms with Gasteiger partial charge in [0.05, 0.1) is 5.69 Å². The molecule has 0 aliphatic rings. The molecule has 2 aromatic heterocycles. The van der Waals surface area contributed by atoms with Gasteiger partial charge in [-0.3, -0.25) is 4.98 Å². The Balaban J connectivity index is 2.72. The fraction of sp³-hybridized carbons (Fsp3) is 0.235. The number of pyridine rings is 1. The molecule has 0 bridgehead atoms. The Labute approximate surface area is 119 Å².